The van der Waals surface area contributed by atoms with E-state index in [-0.39, 0.29) is 6.79 Å². The Balaban J connectivity index is 1.50. The fraction of sp³-hybridized carbons (Fsp3) is 0.105. The Morgan fingerprint density at radius 3 is 2.92 bits per heavy atom. The number of fused-ring (bicyclic) bond motifs is 4. The van der Waals surface area contributed by atoms with Crippen LogP contribution in [0.3, 0.4) is 0 Å². The predicted molar refractivity (Wildman–Crippen MR) is 97.7 cm³/mol. The van der Waals surface area contributed by atoms with Gasteiger partial charge in [0, 0.05) is 10.9 Å². The van der Waals surface area contributed by atoms with Crippen molar-refractivity contribution in [3.8, 4) is 11.5 Å². The predicted octanol–water partition coefficient (Wildman–Crippen LogP) is 3.94. The molecule has 1 N–H and O–H groups in total. The van der Waals surface area contributed by atoms with Crippen molar-refractivity contribution >= 4 is 33.6 Å². The van der Waals surface area contributed by atoms with E-state index in [1.54, 1.807) is 0 Å². The molecule has 128 valence electrons. The molecule has 0 bridgehead atoms. The summed E-state index contributed by atoms with van der Waals surface area (Å²) in [4.78, 5) is 8.59. The second-order valence-corrected chi connectivity index (χ2v) is 5.88. The molecule has 0 radical (unpaired) electrons. The van der Waals surface area contributed by atoms with Crippen LogP contribution in [0.5, 0.6) is 11.5 Å². The Labute approximate surface area is 148 Å². The molecule has 7 nitrogen and oxygen atoms in total. The Hall–Kier alpha value is -3.61. The molecule has 26 heavy (non-hydrogen) atoms. The third-order valence-electron chi connectivity index (χ3n) is 4.28. The average Bonchev–Trinajstić information content (AvgIpc) is 3.30. The van der Waals surface area contributed by atoms with Gasteiger partial charge in [-0.1, -0.05) is 12.1 Å². The number of nitrogens with zero attached hydrogens (tertiary/aromatic N) is 3. The SMILES string of the molecule is C/C(=N/Nc1ncnc2c1oc1ccccc12)c1ccc2c(c1)OCO2. The van der Waals surface area contributed by atoms with Gasteiger partial charge < -0.3 is 13.9 Å². The second-order valence-electron chi connectivity index (χ2n) is 5.88. The number of para-hydroxylation sites is 1. The average molecular weight is 346 g/mol. The molecule has 0 unspecified atom stereocenters. The molecule has 2 aromatic carbocycles. The zero-order valence-electron chi connectivity index (χ0n) is 13.9. The molecule has 0 spiro atoms. The highest BCUT2D eigenvalue weighted by Crippen LogP contribution is 2.33. The first-order valence-electron chi connectivity index (χ1n) is 8.12. The highest BCUT2D eigenvalue weighted by atomic mass is 16.7. The van der Waals surface area contributed by atoms with E-state index in [0.29, 0.717) is 11.4 Å². The first kappa shape index (κ1) is 14.7. The molecule has 3 heterocycles. The van der Waals surface area contributed by atoms with E-state index < -0.39 is 0 Å². The molecule has 1 aliphatic rings. The van der Waals surface area contributed by atoms with E-state index in [0.717, 1.165) is 39.3 Å². The van der Waals surface area contributed by atoms with Crippen molar-refractivity contribution in [3.05, 3.63) is 54.4 Å². The van der Waals surface area contributed by atoms with Crippen molar-refractivity contribution < 1.29 is 13.9 Å². The van der Waals surface area contributed by atoms with Crippen LogP contribution in [0.25, 0.3) is 22.1 Å². The number of aromatic nitrogens is 2. The molecule has 2 aromatic heterocycles. The van der Waals surface area contributed by atoms with Crippen LogP contribution in [-0.4, -0.2) is 22.5 Å². The molecular weight excluding hydrogens is 332 g/mol. The first-order valence-corrected chi connectivity index (χ1v) is 8.12. The van der Waals surface area contributed by atoms with Crippen LogP contribution < -0.4 is 14.9 Å². The van der Waals surface area contributed by atoms with Crippen molar-refractivity contribution in [1.82, 2.24) is 9.97 Å². The number of anilines is 1. The highest BCUT2D eigenvalue weighted by Gasteiger charge is 2.15. The van der Waals surface area contributed by atoms with Gasteiger partial charge in [-0.2, -0.15) is 5.10 Å². The number of rotatable bonds is 3. The van der Waals surface area contributed by atoms with Gasteiger partial charge in [-0.3, -0.25) is 5.43 Å². The summed E-state index contributed by atoms with van der Waals surface area (Å²) in [5.41, 5.74) is 6.80. The van der Waals surface area contributed by atoms with Gasteiger partial charge in [0.1, 0.15) is 17.4 Å². The lowest BCUT2D eigenvalue weighted by molar-refractivity contribution is 0.174. The molecule has 0 saturated carbocycles. The second kappa shape index (κ2) is 5.73. The number of nitrogens with one attached hydrogen (secondary N) is 1. The Morgan fingerprint density at radius 2 is 1.96 bits per heavy atom. The fourth-order valence-corrected chi connectivity index (χ4v) is 2.93. The Bertz CT molecular complexity index is 1170. The van der Waals surface area contributed by atoms with Gasteiger partial charge in [0.05, 0.1) is 5.71 Å². The molecule has 4 aromatic rings. The van der Waals surface area contributed by atoms with E-state index in [2.05, 4.69) is 20.5 Å². The van der Waals surface area contributed by atoms with Gasteiger partial charge in [0.2, 0.25) is 6.79 Å². The summed E-state index contributed by atoms with van der Waals surface area (Å²) in [6.45, 7) is 2.15. The van der Waals surface area contributed by atoms with E-state index in [1.807, 2.05) is 49.4 Å². The molecule has 0 amide bonds. The summed E-state index contributed by atoms with van der Waals surface area (Å²) in [5.74, 6) is 1.99. The lowest BCUT2D eigenvalue weighted by atomic mass is 10.1. The third-order valence-corrected chi connectivity index (χ3v) is 4.28. The molecule has 7 heteroatoms. The monoisotopic (exact) mass is 346 g/mol. The number of benzene rings is 2. The summed E-state index contributed by atoms with van der Waals surface area (Å²) in [6, 6.07) is 13.5. The first-order chi connectivity index (χ1) is 12.8. The van der Waals surface area contributed by atoms with Crippen molar-refractivity contribution in [2.75, 3.05) is 12.2 Å². The maximum absolute atomic E-state index is 5.89. The van der Waals surface area contributed by atoms with Crippen molar-refractivity contribution in [2.45, 2.75) is 6.92 Å². The van der Waals surface area contributed by atoms with E-state index >= 15 is 0 Å². The van der Waals surface area contributed by atoms with Gasteiger partial charge in [-0.15, -0.1) is 0 Å². The summed E-state index contributed by atoms with van der Waals surface area (Å²) in [7, 11) is 0. The number of hydrazone groups is 1. The van der Waals surface area contributed by atoms with Crippen LogP contribution >= 0.6 is 0 Å². The number of hydrogen-bond acceptors (Lipinski definition) is 7. The fourth-order valence-electron chi connectivity index (χ4n) is 2.93. The summed E-state index contributed by atoms with van der Waals surface area (Å²) < 4.78 is 16.6. The van der Waals surface area contributed by atoms with Crippen LogP contribution in [-0.2, 0) is 0 Å². The Kier molecular flexibility index (Phi) is 3.24. The Morgan fingerprint density at radius 1 is 1.08 bits per heavy atom. The standard InChI is InChI=1S/C19H14N4O3/c1-11(12-6-7-15-16(8-12)25-10-24-15)22-23-19-18-17(20-9-21-19)13-4-2-3-5-14(13)26-18/h2-9H,10H2,1H3,(H,20,21,23)/b22-11-. The van der Waals surface area contributed by atoms with Gasteiger partial charge in [-0.05, 0) is 37.3 Å². The lowest BCUT2D eigenvalue weighted by Crippen LogP contribution is -2.01. The molecular formula is C19H14N4O3. The van der Waals surface area contributed by atoms with Crippen LogP contribution in [0.15, 0.2) is 58.3 Å². The van der Waals surface area contributed by atoms with Crippen LogP contribution in [0.2, 0.25) is 0 Å². The number of furan rings is 1. The normalized spacial score (nSPS) is 13.5. The van der Waals surface area contributed by atoms with Crippen LogP contribution in [0.1, 0.15) is 12.5 Å². The zero-order chi connectivity index (χ0) is 17.5. The molecule has 0 fully saturated rings. The molecule has 0 aliphatic carbocycles. The number of ether oxygens (including phenoxy) is 2. The van der Waals surface area contributed by atoms with Gasteiger partial charge in [0.15, 0.2) is 22.9 Å². The van der Waals surface area contributed by atoms with Gasteiger partial charge in [-0.25, -0.2) is 9.97 Å². The number of hydrogen-bond donors (Lipinski definition) is 1. The van der Waals surface area contributed by atoms with Crippen molar-refractivity contribution in [2.24, 2.45) is 5.10 Å². The highest BCUT2D eigenvalue weighted by molar-refractivity contribution is 6.05. The topological polar surface area (TPSA) is 81.8 Å². The van der Waals surface area contributed by atoms with Crippen molar-refractivity contribution in [1.29, 1.82) is 0 Å². The minimum Gasteiger partial charge on any atom is -0.454 e. The summed E-state index contributed by atoms with van der Waals surface area (Å²) in [6.07, 6.45) is 1.50. The van der Waals surface area contributed by atoms with E-state index in [9.17, 15) is 0 Å². The van der Waals surface area contributed by atoms with E-state index in [4.69, 9.17) is 13.9 Å². The molecule has 0 saturated heterocycles. The molecule has 0 atom stereocenters. The molecule has 5 rings (SSSR count). The third kappa shape index (κ3) is 2.33. The van der Waals surface area contributed by atoms with Gasteiger partial charge >= 0.3 is 0 Å². The van der Waals surface area contributed by atoms with E-state index in [1.165, 1.54) is 6.33 Å². The molecule has 1 aliphatic heterocycles. The lowest BCUT2D eigenvalue weighted by Gasteiger charge is -2.04. The summed E-state index contributed by atoms with van der Waals surface area (Å²) in [5, 5.41) is 5.38. The smallest absolute Gasteiger partial charge is 0.231 e. The zero-order valence-corrected chi connectivity index (χ0v) is 13.9. The van der Waals surface area contributed by atoms with Gasteiger partial charge in [0.25, 0.3) is 0 Å². The summed E-state index contributed by atoms with van der Waals surface area (Å²) >= 11 is 0. The minimum atomic E-state index is 0.248. The quantitative estimate of drug-likeness (QED) is 0.447. The van der Waals surface area contributed by atoms with Crippen LogP contribution in [0.4, 0.5) is 5.82 Å². The minimum absolute atomic E-state index is 0.248. The van der Waals surface area contributed by atoms with Crippen molar-refractivity contribution in [3.63, 3.8) is 0 Å². The van der Waals surface area contributed by atoms with Crippen LogP contribution in [0, 0.1) is 0 Å². The maximum Gasteiger partial charge on any atom is 0.231 e. The largest absolute Gasteiger partial charge is 0.454 e. The maximum atomic E-state index is 5.89.